The van der Waals surface area contributed by atoms with Crippen LogP contribution in [0, 0.1) is 0 Å². The molecule has 116 valence electrons. The van der Waals surface area contributed by atoms with Crippen LogP contribution in [0.3, 0.4) is 0 Å². The van der Waals surface area contributed by atoms with Crippen molar-refractivity contribution in [1.82, 2.24) is 0 Å². The van der Waals surface area contributed by atoms with Crippen LogP contribution in [0.2, 0.25) is 0 Å². The number of benzene rings is 3. The molecular formula is C20H20N2O. The summed E-state index contributed by atoms with van der Waals surface area (Å²) < 4.78 is 0. The highest BCUT2D eigenvalue weighted by Crippen LogP contribution is 2.38. The van der Waals surface area contributed by atoms with Gasteiger partial charge in [0.05, 0.1) is 0 Å². The van der Waals surface area contributed by atoms with Crippen molar-refractivity contribution in [2.24, 2.45) is 0 Å². The van der Waals surface area contributed by atoms with E-state index in [1.165, 1.54) is 33.3 Å². The smallest absolute Gasteiger partial charge is 0.115 e. The van der Waals surface area contributed by atoms with Gasteiger partial charge < -0.3 is 15.3 Å². The summed E-state index contributed by atoms with van der Waals surface area (Å²) >= 11 is 0. The molecule has 0 saturated heterocycles. The molecule has 3 heteroatoms. The lowest BCUT2D eigenvalue weighted by Gasteiger charge is -2.25. The maximum Gasteiger partial charge on any atom is 0.115 e. The second kappa shape index (κ2) is 5.51. The first-order valence-electron chi connectivity index (χ1n) is 8.07. The maximum atomic E-state index is 9.45. The Labute approximate surface area is 136 Å². The number of aromatic hydroxyl groups is 1. The fraction of sp³-hybridized carbons (Fsp3) is 0.200. The van der Waals surface area contributed by atoms with Crippen LogP contribution in [0.4, 0.5) is 11.4 Å². The third-order valence-corrected chi connectivity index (χ3v) is 4.61. The van der Waals surface area contributed by atoms with Gasteiger partial charge in [-0.15, -0.1) is 0 Å². The van der Waals surface area contributed by atoms with Crippen LogP contribution in [0.1, 0.15) is 18.1 Å². The molecule has 2 N–H and O–H groups in total. The van der Waals surface area contributed by atoms with Crippen LogP contribution in [-0.2, 0) is 13.1 Å². The molecule has 3 aromatic carbocycles. The summed E-state index contributed by atoms with van der Waals surface area (Å²) in [6.45, 7) is 4.87. The lowest BCUT2D eigenvalue weighted by Crippen LogP contribution is -2.22. The van der Waals surface area contributed by atoms with Gasteiger partial charge in [-0.2, -0.15) is 0 Å². The Morgan fingerprint density at radius 2 is 1.87 bits per heavy atom. The van der Waals surface area contributed by atoms with Gasteiger partial charge in [0, 0.05) is 41.8 Å². The van der Waals surface area contributed by atoms with Crippen molar-refractivity contribution in [1.29, 1.82) is 0 Å². The Hall–Kier alpha value is -2.68. The first kappa shape index (κ1) is 13.9. The zero-order valence-electron chi connectivity index (χ0n) is 13.2. The van der Waals surface area contributed by atoms with Crippen molar-refractivity contribution in [3.63, 3.8) is 0 Å². The molecule has 1 aliphatic heterocycles. The van der Waals surface area contributed by atoms with Crippen LogP contribution >= 0.6 is 0 Å². The van der Waals surface area contributed by atoms with E-state index in [1.807, 2.05) is 12.1 Å². The topological polar surface area (TPSA) is 35.5 Å². The van der Waals surface area contributed by atoms with Gasteiger partial charge in [-0.1, -0.05) is 30.3 Å². The Morgan fingerprint density at radius 1 is 1.04 bits per heavy atom. The molecule has 0 amide bonds. The summed E-state index contributed by atoms with van der Waals surface area (Å²) in [7, 11) is 0. The summed E-state index contributed by atoms with van der Waals surface area (Å²) in [6, 6.07) is 18.4. The van der Waals surface area contributed by atoms with E-state index < -0.39 is 0 Å². The molecule has 1 heterocycles. The van der Waals surface area contributed by atoms with Gasteiger partial charge in [0.1, 0.15) is 5.75 Å². The third-order valence-electron chi connectivity index (χ3n) is 4.61. The van der Waals surface area contributed by atoms with Gasteiger partial charge in [-0.3, -0.25) is 0 Å². The number of hydrogen-bond acceptors (Lipinski definition) is 3. The summed E-state index contributed by atoms with van der Waals surface area (Å²) in [4.78, 5) is 2.38. The van der Waals surface area contributed by atoms with Crippen LogP contribution in [0.25, 0.3) is 10.8 Å². The van der Waals surface area contributed by atoms with Gasteiger partial charge in [0.25, 0.3) is 0 Å². The first-order valence-corrected chi connectivity index (χ1v) is 8.07. The van der Waals surface area contributed by atoms with Gasteiger partial charge >= 0.3 is 0 Å². The zero-order valence-corrected chi connectivity index (χ0v) is 13.2. The molecule has 0 fully saturated rings. The van der Waals surface area contributed by atoms with Crippen molar-refractivity contribution >= 4 is 22.1 Å². The third kappa shape index (κ3) is 2.38. The summed E-state index contributed by atoms with van der Waals surface area (Å²) in [6.07, 6.45) is 0. The minimum Gasteiger partial charge on any atom is -0.508 e. The van der Waals surface area contributed by atoms with Crippen molar-refractivity contribution in [3.05, 3.63) is 65.7 Å². The van der Waals surface area contributed by atoms with E-state index >= 15 is 0 Å². The number of phenols is 1. The van der Waals surface area contributed by atoms with E-state index in [2.05, 4.69) is 47.5 Å². The molecule has 0 bridgehead atoms. The molecule has 0 unspecified atom stereocenters. The SMILES string of the molecule is CCN(Cc1ccc(O)cc1)c1ccc2c3c(cccc13)CN2. The van der Waals surface area contributed by atoms with Crippen LogP contribution in [0.15, 0.2) is 54.6 Å². The van der Waals surface area contributed by atoms with E-state index in [0.717, 1.165) is 19.6 Å². The predicted molar refractivity (Wildman–Crippen MR) is 96.1 cm³/mol. The zero-order chi connectivity index (χ0) is 15.8. The summed E-state index contributed by atoms with van der Waals surface area (Å²) in [5, 5.41) is 15.6. The molecule has 0 atom stereocenters. The molecule has 1 aliphatic rings. The first-order chi connectivity index (χ1) is 11.3. The average molecular weight is 304 g/mol. The summed E-state index contributed by atoms with van der Waals surface area (Å²) in [5.74, 6) is 0.313. The second-order valence-corrected chi connectivity index (χ2v) is 6.01. The van der Waals surface area contributed by atoms with Gasteiger partial charge in [0.2, 0.25) is 0 Å². The van der Waals surface area contributed by atoms with Crippen LogP contribution in [-0.4, -0.2) is 11.7 Å². The second-order valence-electron chi connectivity index (χ2n) is 6.01. The van der Waals surface area contributed by atoms with Gasteiger partial charge in [-0.25, -0.2) is 0 Å². The molecule has 23 heavy (non-hydrogen) atoms. The quantitative estimate of drug-likeness (QED) is 0.745. The predicted octanol–water partition coefficient (Wildman–Crippen LogP) is 4.50. The molecular weight excluding hydrogens is 284 g/mol. The highest BCUT2D eigenvalue weighted by molar-refractivity contribution is 6.05. The van der Waals surface area contributed by atoms with Crippen molar-refractivity contribution in [2.75, 3.05) is 16.8 Å². The monoisotopic (exact) mass is 304 g/mol. The van der Waals surface area contributed by atoms with Crippen molar-refractivity contribution in [2.45, 2.75) is 20.0 Å². The highest BCUT2D eigenvalue weighted by atomic mass is 16.3. The molecule has 3 nitrogen and oxygen atoms in total. The minimum absolute atomic E-state index is 0.313. The molecule has 0 aromatic heterocycles. The minimum atomic E-state index is 0.313. The molecule has 0 radical (unpaired) electrons. The lowest BCUT2D eigenvalue weighted by atomic mass is 10.0. The normalized spacial score (nSPS) is 12.4. The van der Waals surface area contributed by atoms with E-state index in [-0.39, 0.29) is 0 Å². The standard InChI is InChI=1S/C20H20N2O/c1-2-22(13-14-6-8-16(23)9-7-14)19-11-10-18-20-15(12-21-18)4-3-5-17(19)20/h3-11,21,23H,2,12-13H2,1H3. The Kier molecular flexibility index (Phi) is 3.34. The average Bonchev–Trinajstić information content (AvgIpc) is 3.00. The number of rotatable bonds is 4. The lowest BCUT2D eigenvalue weighted by molar-refractivity contribution is 0.475. The number of phenolic OH excluding ortho intramolecular Hbond substituents is 1. The van der Waals surface area contributed by atoms with E-state index in [0.29, 0.717) is 5.75 Å². The number of nitrogens with zero attached hydrogens (tertiary/aromatic N) is 1. The Morgan fingerprint density at radius 3 is 2.65 bits per heavy atom. The van der Waals surface area contributed by atoms with Crippen molar-refractivity contribution in [3.8, 4) is 5.75 Å². The molecule has 0 spiro atoms. The van der Waals surface area contributed by atoms with Gasteiger partial charge in [-0.05, 0) is 42.3 Å². The van der Waals surface area contributed by atoms with Crippen LogP contribution in [0.5, 0.6) is 5.75 Å². The fourth-order valence-corrected chi connectivity index (χ4v) is 3.42. The number of hydrogen-bond donors (Lipinski definition) is 2. The van der Waals surface area contributed by atoms with Crippen molar-refractivity contribution < 1.29 is 5.11 Å². The highest BCUT2D eigenvalue weighted by Gasteiger charge is 2.17. The largest absolute Gasteiger partial charge is 0.508 e. The van der Waals surface area contributed by atoms with Gasteiger partial charge in [0.15, 0.2) is 0 Å². The Bertz CT molecular complexity index is 845. The summed E-state index contributed by atoms with van der Waals surface area (Å²) in [5.41, 5.74) is 5.08. The molecule has 0 saturated carbocycles. The molecule has 4 rings (SSSR count). The van der Waals surface area contributed by atoms with E-state index in [1.54, 1.807) is 12.1 Å². The fourth-order valence-electron chi connectivity index (χ4n) is 3.42. The maximum absolute atomic E-state index is 9.45. The molecule has 3 aromatic rings. The van der Waals surface area contributed by atoms with Crippen LogP contribution < -0.4 is 10.2 Å². The van der Waals surface area contributed by atoms with E-state index in [9.17, 15) is 5.11 Å². The molecule has 0 aliphatic carbocycles. The number of nitrogens with one attached hydrogen (secondary N) is 1. The Balaban J connectivity index is 1.76. The van der Waals surface area contributed by atoms with E-state index in [4.69, 9.17) is 0 Å². The number of anilines is 2.